The number of aromatic nitrogens is 1. The monoisotopic (exact) mass is 521 g/mol. The van der Waals surface area contributed by atoms with Crippen molar-refractivity contribution in [3.63, 3.8) is 0 Å². The van der Waals surface area contributed by atoms with Gasteiger partial charge in [-0.25, -0.2) is 4.98 Å². The third kappa shape index (κ3) is 4.96. The molecule has 0 fully saturated rings. The molecule has 4 aromatic rings. The summed E-state index contributed by atoms with van der Waals surface area (Å²) in [7, 11) is 3.18. The molecule has 0 atom stereocenters. The summed E-state index contributed by atoms with van der Waals surface area (Å²) in [6.45, 7) is 0.702. The van der Waals surface area contributed by atoms with Crippen molar-refractivity contribution in [2.45, 2.75) is 17.9 Å². The second-order valence-corrected chi connectivity index (χ2v) is 9.86. The first kappa shape index (κ1) is 25.4. The maximum absolute atomic E-state index is 13.1. The van der Waals surface area contributed by atoms with E-state index in [1.807, 2.05) is 77.7 Å². The molecule has 0 spiro atoms. The van der Waals surface area contributed by atoms with Crippen LogP contribution in [0.15, 0.2) is 83.9 Å². The van der Waals surface area contributed by atoms with Gasteiger partial charge in [-0.1, -0.05) is 60.7 Å². The summed E-state index contributed by atoms with van der Waals surface area (Å²) < 4.78 is 11.2. The van der Waals surface area contributed by atoms with Crippen LogP contribution >= 0.6 is 11.8 Å². The zero-order valence-electron chi connectivity index (χ0n) is 21.3. The Morgan fingerprint density at radius 1 is 1.00 bits per heavy atom. The lowest BCUT2D eigenvalue weighted by molar-refractivity contribution is -0.118. The third-order valence-corrected chi connectivity index (χ3v) is 7.58. The number of ether oxygens (including phenoxy) is 2. The lowest BCUT2D eigenvalue weighted by Crippen LogP contribution is -2.29. The molecule has 7 heteroatoms. The van der Waals surface area contributed by atoms with Gasteiger partial charge in [0.2, 0.25) is 5.91 Å². The van der Waals surface area contributed by atoms with Crippen LogP contribution in [-0.2, 0) is 11.2 Å². The number of hydrogen-bond donors (Lipinski definition) is 0. The lowest BCUT2D eigenvalue weighted by Gasteiger charge is -2.18. The van der Waals surface area contributed by atoms with E-state index >= 15 is 0 Å². The average molecular weight is 522 g/mol. The van der Waals surface area contributed by atoms with Gasteiger partial charge in [0.05, 0.1) is 25.5 Å². The van der Waals surface area contributed by atoms with Crippen LogP contribution in [0, 0.1) is 11.3 Å². The first-order valence-electron chi connectivity index (χ1n) is 12.4. The zero-order chi connectivity index (χ0) is 26.5. The second kappa shape index (κ2) is 11.4. The minimum atomic E-state index is 0.0786. The molecule has 2 heterocycles. The van der Waals surface area contributed by atoms with Crippen LogP contribution in [0.25, 0.3) is 22.4 Å². The molecule has 0 saturated carbocycles. The molecule has 0 saturated heterocycles. The molecule has 1 aromatic heterocycles. The standard InChI is InChI=1S/C31H27N3O3S/c1-36-28-14-8-12-23(30(28)37-2)24-19-26(21-9-4-3-5-10-21)33-31(25(24)20-32)38-18-16-29(35)34-17-15-22-11-6-7-13-27(22)34/h3-14,19H,15-18H2,1-2H3. The number of rotatable bonds is 8. The number of para-hydroxylation sites is 2. The molecule has 0 N–H and O–H groups in total. The molecule has 1 aliphatic rings. The summed E-state index contributed by atoms with van der Waals surface area (Å²) in [5, 5.41) is 10.8. The lowest BCUT2D eigenvalue weighted by atomic mass is 9.98. The fourth-order valence-corrected chi connectivity index (χ4v) is 5.70. The molecule has 5 rings (SSSR count). The molecule has 1 amide bonds. The van der Waals surface area contributed by atoms with Gasteiger partial charge in [0, 0.05) is 41.1 Å². The van der Waals surface area contributed by atoms with Crippen molar-refractivity contribution in [3.05, 3.63) is 90.0 Å². The maximum atomic E-state index is 13.1. The summed E-state index contributed by atoms with van der Waals surface area (Å²) >= 11 is 1.43. The molecule has 190 valence electrons. The first-order chi connectivity index (χ1) is 18.6. The van der Waals surface area contributed by atoms with Crippen LogP contribution in [0.3, 0.4) is 0 Å². The number of carbonyl (C=O) groups is 1. The van der Waals surface area contributed by atoms with Gasteiger partial charge in [-0.3, -0.25) is 4.79 Å². The number of benzene rings is 3. The summed E-state index contributed by atoms with van der Waals surface area (Å²) in [5.41, 5.74) is 5.78. The van der Waals surface area contributed by atoms with Crippen LogP contribution in [-0.4, -0.2) is 37.4 Å². The van der Waals surface area contributed by atoms with Crippen LogP contribution in [0.1, 0.15) is 17.5 Å². The normalized spacial score (nSPS) is 12.1. The Morgan fingerprint density at radius 3 is 2.55 bits per heavy atom. The fourth-order valence-electron chi connectivity index (χ4n) is 4.77. The quantitative estimate of drug-likeness (QED) is 0.251. The highest BCUT2D eigenvalue weighted by atomic mass is 32.2. The molecule has 0 aliphatic carbocycles. The Kier molecular flexibility index (Phi) is 7.62. The van der Waals surface area contributed by atoms with Crippen LogP contribution in [0.5, 0.6) is 11.5 Å². The number of nitriles is 1. The summed E-state index contributed by atoms with van der Waals surface area (Å²) in [6, 6.07) is 27.8. The molecular formula is C31H27N3O3S. The number of fused-ring (bicyclic) bond motifs is 1. The van der Waals surface area contributed by atoms with Crippen molar-refractivity contribution < 1.29 is 14.3 Å². The number of methoxy groups -OCH3 is 2. The Balaban J connectivity index is 1.49. The van der Waals surface area contributed by atoms with Gasteiger partial charge in [-0.05, 0) is 30.2 Å². The maximum Gasteiger partial charge on any atom is 0.227 e. The highest BCUT2D eigenvalue weighted by Crippen LogP contribution is 2.42. The SMILES string of the molecule is COc1cccc(-c2cc(-c3ccccc3)nc(SCCC(=O)N3CCc4ccccc43)c2C#N)c1OC. The van der Waals surface area contributed by atoms with Gasteiger partial charge < -0.3 is 14.4 Å². The predicted molar refractivity (Wildman–Crippen MR) is 151 cm³/mol. The smallest absolute Gasteiger partial charge is 0.227 e. The van der Waals surface area contributed by atoms with Crippen molar-refractivity contribution in [1.82, 2.24) is 4.98 Å². The first-order valence-corrected chi connectivity index (χ1v) is 13.4. The van der Waals surface area contributed by atoms with E-state index in [9.17, 15) is 10.1 Å². The highest BCUT2D eigenvalue weighted by molar-refractivity contribution is 7.99. The van der Waals surface area contributed by atoms with Gasteiger partial charge >= 0.3 is 0 Å². The molecule has 6 nitrogen and oxygen atoms in total. The number of carbonyl (C=O) groups excluding carboxylic acids is 1. The van der Waals surface area contributed by atoms with E-state index in [0.717, 1.165) is 28.9 Å². The molecule has 0 unspecified atom stereocenters. The largest absolute Gasteiger partial charge is 0.493 e. The number of nitrogens with zero attached hydrogens (tertiary/aromatic N) is 3. The minimum Gasteiger partial charge on any atom is -0.493 e. The van der Waals surface area contributed by atoms with Crippen molar-refractivity contribution >= 4 is 23.4 Å². The molecule has 3 aromatic carbocycles. The van der Waals surface area contributed by atoms with Gasteiger partial charge in [-0.2, -0.15) is 5.26 Å². The Morgan fingerprint density at radius 2 is 1.79 bits per heavy atom. The van der Waals surface area contributed by atoms with Crippen molar-refractivity contribution in [1.29, 1.82) is 5.26 Å². The number of pyridine rings is 1. The molecule has 0 bridgehead atoms. The van der Waals surface area contributed by atoms with Gasteiger partial charge in [-0.15, -0.1) is 11.8 Å². The molecule has 38 heavy (non-hydrogen) atoms. The van der Waals surface area contributed by atoms with Crippen LogP contribution in [0.4, 0.5) is 5.69 Å². The van der Waals surface area contributed by atoms with E-state index < -0.39 is 0 Å². The van der Waals surface area contributed by atoms with E-state index in [-0.39, 0.29) is 5.91 Å². The highest BCUT2D eigenvalue weighted by Gasteiger charge is 2.25. The predicted octanol–water partition coefficient (Wildman–Crippen LogP) is 6.38. The van der Waals surface area contributed by atoms with E-state index in [4.69, 9.17) is 14.5 Å². The molecule has 0 radical (unpaired) electrons. The van der Waals surface area contributed by atoms with Gasteiger partial charge in [0.15, 0.2) is 11.5 Å². The third-order valence-electron chi connectivity index (χ3n) is 6.60. The summed E-state index contributed by atoms with van der Waals surface area (Å²) in [5.74, 6) is 1.72. The van der Waals surface area contributed by atoms with Gasteiger partial charge in [0.1, 0.15) is 11.1 Å². The number of anilines is 1. The zero-order valence-corrected chi connectivity index (χ0v) is 22.1. The van der Waals surface area contributed by atoms with Crippen molar-refractivity contribution in [3.8, 4) is 40.0 Å². The van der Waals surface area contributed by atoms with Crippen LogP contribution < -0.4 is 14.4 Å². The second-order valence-electron chi connectivity index (χ2n) is 8.78. The minimum absolute atomic E-state index is 0.0786. The number of thioether (sulfide) groups is 1. The summed E-state index contributed by atoms with van der Waals surface area (Å²) in [4.78, 5) is 19.8. The van der Waals surface area contributed by atoms with Crippen LogP contribution in [0.2, 0.25) is 0 Å². The van der Waals surface area contributed by atoms with E-state index in [1.165, 1.54) is 17.3 Å². The Labute approximate surface area is 226 Å². The topological polar surface area (TPSA) is 75.5 Å². The van der Waals surface area contributed by atoms with E-state index in [1.54, 1.807) is 14.2 Å². The van der Waals surface area contributed by atoms with E-state index in [0.29, 0.717) is 46.4 Å². The Hall–Kier alpha value is -4.28. The Bertz CT molecular complexity index is 1520. The molecular weight excluding hydrogens is 494 g/mol. The van der Waals surface area contributed by atoms with Gasteiger partial charge in [0.25, 0.3) is 0 Å². The number of amides is 1. The molecule has 1 aliphatic heterocycles. The average Bonchev–Trinajstić information content (AvgIpc) is 3.41. The number of hydrogen-bond acceptors (Lipinski definition) is 6. The van der Waals surface area contributed by atoms with Crippen molar-refractivity contribution in [2.24, 2.45) is 0 Å². The van der Waals surface area contributed by atoms with E-state index in [2.05, 4.69) is 12.1 Å². The summed E-state index contributed by atoms with van der Waals surface area (Å²) in [6.07, 6.45) is 1.22. The van der Waals surface area contributed by atoms with Crippen molar-refractivity contribution in [2.75, 3.05) is 31.4 Å². The fraction of sp³-hybridized carbons (Fsp3) is 0.194.